The fraction of sp³-hybridized carbons (Fsp3) is 0.533. The van der Waals surface area contributed by atoms with Gasteiger partial charge in [-0.1, -0.05) is 0 Å². The van der Waals surface area contributed by atoms with E-state index < -0.39 is 5.82 Å². The van der Waals surface area contributed by atoms with E-state index >= 15 is 0 Å². The fourth-order valence-corrected chi connectivity index (χ4v) is 3.24. The van der Waals surface area contributed by atoms with Gasteiger partial charge < -0.3 is 15.1 Å². The molecule has 3 N–H and O–H groups in total. The monoisotopic (exact) mass is 384 g/mol. The highest BCUT2D eigenvalue weighted by Crippen LogP contribution is 2.24. The molecule has 0 aromatic heterocycles. The molecule has 142 valence electrons. The van der Waals surface area contributed by atoms with Crippen LogP contribution in [0.5, 0.6) is 0 Å². The molecule has 1 aromatic carbocycles. The molecule has 26 heavy (non-hydrogen) atoms. The third-order valence-corrected chi connectivity index (χ3v) is 4.80. The van der Waals surface area contributed by atoms with Crippen molar-refractivity contribution in [2.75, 3.05) is 32.9 Å². The summed E-state index contributed by atoms with van der Waals surface area (Å²) in [7, 11) is 0. The lowest BCUT2D eigenvalue weighted by Gasteiger charge is -2.26. The Bertz CT molecular complexity index is 683. The van der Waals surface area contributed by atoms with Crippen LogP contribution in [0.4, 0.5) is 4.39 Å². The van der Waals surface area contributed by atoms with E-state index in [4.69, 9.17) is 9.84 Å². The normalized spacial score (nSPS) is 19.2. The first-order valence-corrected chi connectivity index (χ1v) is 9.11. The van der Waals surface area contributed by atoms with Gasteiger partial charge in [0.15, 0.2) is 5.84 Å². The van der Waals surface area contributed by atoms with Crippen molar-refractivity contribution in [1.82, 2.24) is 16.1 Å². The molecule has 0 aliphatic carbocycles. The van der Waals surface area contributed by atoms with E-state index in [0.29, 0.717) is 29.3 Å². The highest BCUT2D eigenvalue weighted by atomic mass is 32.2. The van der Waals surface area contributed by atoms with E-state index in [-0.39, 0.29) is 22.3 Å². The first kappa shape index (κ1) is 18.8. The molecular weight excluding hydrogens is 363 g/mol. The molecule has 0 saturated carbocycles. The van der Waals surface area contributed by atoms with Crippen LogP contribution < -0.4 is 11.0 Å². The summed E-state index contributed by atoms with van der Waals surface area (Å²) in [4.78, 5) is 0.149. The van der Waals surface area contributed by atoms with Crippen LogP contribution >= 0.6 is 11.9 Å². The van der Waals surface area contributed by atoms with Gasteiger partial charge in [0.25, 0.3) is 0 Å². The standard InChI is InChI=1S/C15H21FN6O3S/c16-13-9-12(1-2-14(13)26-22(24)17-5-6-23)15-18-20-21(19-15)10-11-3-7-25-8-4-11/h1-2,9,11,20,23H,3-8,10H2,(H,18,19). The number of halogens is 1. The first-order chi connectivity index (χ1) is 12.7. The van der Waals surface area contributed by atoms with E-state index in [0.717, 1.165) is 32.6 Å². The van der Waals surface area contributed by atoms with Crippen molar-refractivity contribution >= 4 is 17.8 Å². The summed E-state index contributed by atoms with van der Waals surface area (Å²) in [6.07, 6.45) is 2.01. The molecule has 3 rings (SSSR count). The number of hydrogen-bond donors (Lipinski definition) is 3. The Balaban J connectivity index is 1.57. The molecule has 1 fully saturated rings. The van der Waals surface area contributed by atoms with Gasteiger partial charge in [0.2, 0.25) is 11.9 Å². The summed E-state index contributed by atoms with van der Waals surface area (Å²) in [5.41, 5.74) is 6.56. The Hall–Kier alpha value is -1.95. The quantitative estimate of drug-likeness (QED) is 0.281. The van der Waals surface area contributed by atoms with Gasteiger partial charge in [-0.3, -0.25) is 5.43 Å². The number of ether oxygens (including phenoxy) is 1. The van der Waals surface area contributed by atoms with Gasteiger partial charge in [-0.2, -0.15) is 0 Å². The number of hydrazone groups is 1. The molecule has 9 nitrogen and oxygen atoms in total. The van der Waals surface area contributed by atoms with Gasteiger partial charge >= 0.3 is 0 Å². The van der Waals surface area contributed by atoms with Crippen molar-refractivity contribution in [3.63, 3.8) is 0 Å². The Morgan fingerprint density at radius 3 is 3.00 bits per heavy atom. The molecule has 0 spiro atoms. The van der Waals surface area contributed by atoms with Crippen molar-refractivity contribution in [3.8, 4) is 0 Å². The zero-order valence-corrected chi connectivity index (χ0v) is 14.9. The van der Waals surface area contributed by atoms with Crippen molar-refractivity contribution in [2.45, 2.75) is 17.7 Å². The van der Waals surface area contributed by atoms with E-state index in [1.54, 1.807) is 11.2 Å². The van der Waals surface area contributed by atoms with Gasteiger partial charge in [0.1, 0.15) is 17.3 Å². The second kappa shape index (κ2) is 9.12. The molecule has 2 aliphatic heterocycles. The Labute approximate surface area is 154 Å². The second-order valence-corrected chi connectivity index (χ2v) is 6.84. The number of amidine groups is 1. The third-order valence-electron chi connectivity index (χ3n) is 4.00. The summed E-state index contributed by atoms with van der Waals surface area (Å²) in [5.74, 6) is 0.482. The largest absolute Gasteiger partial charge is 0.586 e. The summed E-state index contributed by atoms with van der Waals surface area (Å²) >= 11 is 0.612. The van der Waals surface area contributed by atoms with Crippen LogP contribution in [0.1, 0.15) is 18.4 Å². The maximum atomic E-state index is 14.2. The summed E-state index contributed by atoms with van der Waals surface area (Å²) in [6.45, 7) is 2.06. The predicted molar refractivity (Wildman–Crippen MR) is 93.3 cm³/mol. The van der Waals surface area contributed by atoms with Gasteiger partial charge in [0.05, 0.1) is 6.61 Å². The summed E-state index contributed by atoms with van der Waals surface area (Å²) < 4.78 is 19.9. The third kappa shape index (κ3) is 5.04. The fourth-order valence-electron chi connectivity index (χ4n) is 2.65. The molecule has 0 amide bonds. The molecule has 1 aromatic rings. The number of aliphatic hydroxyl groups excluding tert-OH is 1. The molecular formula is C15H21FN6O3S. The number of rotatable bonds is 7. The molecule has 0 bridgehead atoms. The zero-order valence-electron chi connectivity index (χ0n) is 14.1. The number of benzene rings is 1. The average Bonchev–Trinajstić information content (AvgIpc) is 3.11. The number of hydrogen-bond acceptors (Lipinski definition) is 9. The molecule has 11 heteroatoms. The first-order valence-electron chi connectivity index (χ1n) is 8.34. The second-order valence-electron chi connectivity index (χ2n) is 5.90. The van der Waals surface area contributed by atoms with Crippen LogP contribution in [0.3, 0.4) is 0 Å². The lowest BCUT2D eigenvalue weighted by molar-refractivity contribution is -0.349. The van der Waals surface area contributed by atoms with E-state index in [9.17, 15) is 9.60 Å². The van der Waals surface area contributed by atoms with E-state index in [1.165, 1.54) is 12.1 Å². The highest BCUT2D eigenvalue weighted by Gasteiger charge is 2.23. The number of aliphatic hydroxyl groups is 1. The van der Waals surface area contributed by atoms with Crippen LogP contribution in [0.25, 0.3) is 0 Å². The minimum atomic E-state index is -0.542. The van der Waals surface area contributed by atoms with Crippen LogP contribution in [0.15, 0.2) is 33.3 Å². The molecule has 0 unspecified atom stereocenters. The molecule has 1 saturated heterocycles. The predicted octanol–water partition coefficient (Wildman–Crippen LogP) is 1.20. The Morgan fingerprint density at radius 1 is 1.46 bits per heavy atom. The Kier molecular flexibility index (Phi) is 6.61. The SMILES string of the molecule is [O-][N+](=NCCO)Sc1ccc(C2=NNN(CC3CCOCC3)N2)cc1F. The van der Waals surface area contributed by atoms with E-state index in [1.807, 2.05) is 0 Å². The Morgan fingerprint density at radius 2 is 2.27 bits per heavy atom. The molecule has 0 radical (unpaired) electrons. The highest BCUT2D eigenvalue weighted by molar-refractivity contribution is 7.93. The van der Waals surface area contributed by atoms with Crippen molar-refractivity contribution in [2.24, 2.45) is 16.1 Å². The lowest BCUT2D eigenvalue weighted by Crippen LogP contribution is -2.45. The lowest BCUT2D eigenvalue weighted by atomic mass is 10.0. The van der Waals surface area contributed by atoms with Crippen molar-refractivity contribution < 1.29 is 18.5 Å². The summed E-state index contributed by atoms with van der Waals surface area (Å²) in [5, 5.41) is 29.6. The number of hydrazine groups is 2. The minimum Gasteiger partial charge on any atom is -0.586 e. The molecule has 0 atom stereocenters. The van der Waals surface area contributed by atoms with Crippen LogP contribution in [0, 0.1) is 16.9 Å². The summed E-state index contributed by atoms with van der Waals surface area (Å²) in [6, 6.07) is 4.49. The average molecular weight is 384 g/mol. The zero-order chi connectivity index (χ0) is 18.4. The number of nitrogens with one attached hydrogen (secondary N) is 2. The molecule has 2 heterocycles. The van der Waals surface area contributed by atoms with Crippen LogP contribution in [-0.4, -0.2) is 53.2 Å². The maximum absolute atomic E-state index is 14.2. The van der Waals surface area contributed by atoms with Gasteiger partial charge in [-0.15, -0.1) is 10.2 Å². The van der Waals surface area contributed by atoms with Gasteiger partial charge in [0, 0.05) is 25.3 Å². The van der Waals surface area contributed by atoms with Crippen molar-refractivity contribution in [1.29, 1.82) is 0 Å². The van der Waals surface area contributed by atoms with Gasteiger partial charge in [-0.25, -0.2) is 9.93 Å². The topological polar surface area (TPSA) is 108 Å². The maximum Gasteiger partial charge on any atom is 0.242 e. The smallest absolute Gasteiger partial charge is 0.242 e. The van der Waals surface area contributed by atoms with Crippen LogP contribution in [0.2, 0.25) is 0 Å². The van der Waals surface area contributed by atoms with Crippen LogP contribution in [-0.2, 0) is 4.74 Å². The number of nitrogens with zero attached hydrogens (tertiary/aromatic N) is 4. The van der Waals surface area contributed by atoms with E-state index in [2.05, 4.69) is 21.2 Å². The van der Waals surface area contributed by atoms with Crippen molar-refractivity contribution in [3.05, 3.63) is 34.8 Å². The van der Waals surface area contributed by atoms with Gasteiger partial charge in [-0.05, 0) is 46.3 Å². The minimum absolute atomic E-state index is 0.0223. The molecule has 2 aliphatic rings.